The topological polar surface area (TPSA) is 34.1 Å². The van der Waals surface area contributed by atoms with E-state index in [4.69, 9.17) is 4.74 Å². The van der Waals surface area contributed by atoms with Gasteiger partial charge >= 0.3 is 0 Å². The van der Waals surface area contributed by atoms with Gasteiger partial charge in [-0.05, 0) is 36.8 Å². The lowest BCUT2D eigenvalue weighted by Crippen LogP contribution is -2.21. The summed E-state index contributed by atoms with van der Waals surface area (Å²) in [5.74, 6) is 0.421. The zero-order valence-electron chi connectivity index (χ0n) is 12.0. The molecule has 0 fully saturated rings. The van der Waals surface area contributed by atoms with Crippen molar-refractivity contribution in [3.05, 3.63) is 53.6 Å². The molecule has 3 nitrogen and oxygen atoms in total. The smallest absolute Gasteiger partial charge is 0.166 e. The molecule has 0 unspecified atom stereocenters. The number of nitrogens with zero attached hydrogens (tertiary/aromatic N) is 1. The zero-order chi connectivity index (χ0) is 14.5. The maximum absolute atomic E-state index is 14.0. The first-order chi connectivity index (χ1) is 9.56. The Morgan fingerprint density at radius 1 is 1.25 bits per heavy atom. The van der Waals surface area contributed by atoms with Crippen LogP contribution in [0.1, 0.15) is 25.1 Å². The second-order valence-electron chi connectivity index (χ2n) is 4.99. The number of ether oxygens (including phenoxy) is 1. The molecule has 0 aliphatic heterocycles. The predicted molar refractivity (Wildman–Crippen MR) is 77.4 cm³/mol. The van der Waals surface area contributed by atoms with Crippen molar-refractivity contribution in [3.63, 3.8) is 0 Å². The molecule has 0 spiro atoms. The number of rotatable bonds is 5. The van der Waals surface area contributed by atoms with Crippen LogP contribution < -0.4 is 10.1 Å². The summed E-state index contributed by atoms with van der Waals surface area (Å²) in [4.78, 5) is 4.11. The Bertz CT molecular complexity index is 584. The van der Waals surface area contributed by atoms with E-state index >= 15 is 0 Å². The first kappa shape index (κ1) is 14.5. The van der Waals surface area contributed by atoms with Gasteiger partial charge in [-0.3, -0.25) is 4.98 Å². The van der Waals surface area contributed by atoms with Gasteiger partial charge in [-0.25, -0.2) is 4.39 Å². The van der Waals surface area contributed by atoms with Gasteiger partial charge in [-0.1, -0.05) is 19.9 Å². The van der Waals surface area contributed by atoms with E-state index in [0.29, 0.717) is 18.3 Å². The van der Waals surface area contributed by atoms with E-state index < -0.39 is 0 Å². The number of aromatic nitrogens is 1. The molecule has 0 amide bonds. The van der Waals surface area contributed by atoms with Crippen molar-refractivity contribution < 1.29 is 9.13 Å². The number of halogens is 1. The van der Waals surface area contributed by atoms with Crippen LogP contribution in [-0.4, -0.2) is 11.0 Å². The van der Waals surface area contributed by atoms with Crippen LogP contribution in [0.5, 0.6) is 11.5 Å². The standard InChI is InChI=1S/C16H19FN2O/c1-11(2)19-10-13-6-7-16(14(17)9-13)20-15-5-4-8-18-12(15)3/h4-9,11,19H,10H2,1-3H3. The summed E-state index contributed by atoms with van der Waals surface area (Å²) >= 11 is 0. The first-order valence-electron chi connectivity index (χ1n) is 6.67. The molecule has 0 saturated heterocycles. The number of benzene rings is 1. The van der Waals surface area contributed by atoms with Crippen LogP contribution in [0.2, 0.25) is 0 Å². The summed E-state index contributed by atoms with van der Waals surface area (Å²) in [6.07, 6.45) is 1.68. The second-order valence-corrected chi connectivity index (χ2v) is 4.99. The first-order valence-corrected chi connectivity index (χ1v) is 6.67. The van der Waals surface area contributed by atoms with Crippen molar-refractivity contribution in [3.8, 4) is 11.5 Å². The minimum Gasteiger partial charge on any atom is -0.452 e. The molecule has 0 saturated carbocycles. The molecule has 0 aliphatic rings. The van der Waals surface area contributed by atoms with Gasteiger partial charge in [0.05, 0.1) is 5.69 Å². The minimum absolute atomic E-state index is 0.217. The second kappa shape index (κ2) is 6.48. The summed E-state index contributed by atoms with van der Waals surface area (Å²) < 4.78 is 19.6. The van der Waals surface area contributed by atoms with E-state index in [1.807, 2.05) is 13.0 Å². The van der Waals surface area contributed by atoms with E-state index in [1.165, 1.54) is 6.07 Å². The van der Waals surface area contributed by atoms with Gasteiger partial charge in [-0.2, -0.15) is 0 Å². The molecule has 0 atom stereocenters. The van der Waals surface area contributed by atoms with E-state index in [9.17, 15) is 4.39 Å². The molecule has 2 rings (SSSR count). The Morgan fingerprint density at radius 2 is 2.05 bits per heavy atom. The van der Waals surface area contributed by atoms with Crippen LogP contribution in [0.3, 0.4) is 0 Å². The third kappa shape index (κ3) is 3.78. The number of pyridine rings is 1. The number of aryl methyl sites for hydroxylation is 1. The van der Waals surface area contributed by atoms with Crippen molar-refractivity contribution >= 4 is 0 Å². The highest BCUT2D eigenvalue weighted by Crippen LogP contribution is 2.26. The maximum atomic E-state index is 14.0. The van der Waals surface area contributed by atoms with Crippen LogP contribution in [0.15, 0.2) is 36.5 Å². The van der Waals surface area contributed by atoms with Gasteiger partial charge in [-0.15, -0.1) is 0 Å². The summed E-state index contributed by atoms with van der Waals surface area (Å²) in [5.41, 5.74) is 1.63. The Morgan fingerprint density at radius 3 is 2.70 bits per heavy atom. The lowest BCUT2D eigenvalue weighted by atomic mass is 10.2. The van der Waals surface area contributed by atoms with Crippen molar-refractivity contribution in [2.45, 2.75) is 33.4 Å². The molecular formula is C16H19FN2O. The molecule has 0 bridgehead atoms. The molecule has 4 heteroatoms. The molecule has 106 valence electrons. The monoisotopic (exact) mass is 274 g/mol. The fourth-order valence-electron chi connectivity index (χ4n) is 1.75. The molecule has 1 N–H and O–H groups in total. The predicted octanol–water partition coefficient (Wildman–Crippen LogP) is 3.82. The van der Waals surface area contributed by atoms with Crippen molar-refractivity contribution in [2.24, 2.45) is 0 Å². The van der Waals surface area contributed by atoms with E-state index in [-0.39, 0.29) is 11.6 Å². The number of hydrogen-bond acceptors (Lipinski definition) is 3. The molecule has 1 aromatic heterocycles. The Hall–Kier alpha value is -1.94. The lowest BCUT2D eigenvalue weighted by Gasteiger charge is -2.11. The molecule has 1 aromatic carbocycles. The van der Waals surface area contributed by atoms with Crippen LogP contribution in [-0.2, 0) is 6.54 Å². The van der Waals surface area contributed by atoms with E-state index in [2.05, 4.69) is 24.1 Å². The molecular weight excluding hydrogens is 255 g/mol. The van der Waals surface area contributed by atoms with Crippen LogP contribution >= 0.6 is 0 Å². The van der Waals surface area contributed by atoms with Crippen molar-refractivity contribution in [1.82, 2.24) is 10.3 Å². The van der Waals surface area contributed by atoms with Crippen LogP contribution in [0, 0.1) is 12.7 Å². The minimum atomic E-state index is -0.365. The molecule has 0 aliphatic carbocycles. The van der Waals surface area contributed by atoms with Gasteiger partial charge in [0.15, 0.2) is 11.6 Å². The Kier molecular flexibility index (Phi) is 4.69. The van der Waals surface area contributed by atoms with E-state index in [1.54, 1.807) is 24.4 Å². The third-order valence-electron chi connectivity index (χ3n) is 2.89. The van der Waals surface area contributed by atoms with Gasteiger partial charge in [0.1, 0.15) is 5.75 Å². The highest BCUT2D eigenvalue weighted by molar-refractivity contribution is 5.35. The molecule has 0 radical (unpaired) electrons. The summed E-state index contributed by atoms with van der Waals surface area (Å²) in [7, 11) is 0. The van der Waals surface area contributed by atoms with Gasteiger partial charge < -0.3 is 10.1 Å². The normalized spacial score (nSPS) is 10.8. The number of nitrogens with one attached hydrogen (secondary N) is 1. The summed E-state index contributed by atoms with van der Waals surface area (Å²) in [5, 5.41) is 3.25. The largest absolute Gasteiger partial charge is 0.452 e. The molecule has 20 heavy (non-hydrogen) atoms. The van der Waals surface area contributed by atoms with Crippen molar-refractivity contribution in [2.75, 3.05) is 0 Å². The van der Waals surface area contributed by atoms with Crippen LogP contribution in [0.25, 0.3) is 0 Å². The highest BCUT2D eigenvalue weighted by atomic mass is 19.1. The quantitative estimate of drug-likeness (QED) is 0.900. The van der Waals surface area contributed by atoms with Crippen LogP contribution in [0.4, 0.5) is 4.39 Å². The molecule has 2 aromatic rings. The fraction of sp³-hybridized carbons (Fsp3) is 0.312. The van der Waals surface area contributed by atoms with Gasteiger partial charge in [0.2, 0.25) is 0 Å². The lowest BCUT2D eigenvalue weighted by molar-refractivity contribution is 0.436. The van der Waals surface area contributed by atoms with E-state index in [0.717, 1.165) is 11.3 Å². The van der Waals surface area contributed by atoms with Crippen molar-refractivity contribution in [1.29, 1.82) is 0 Å². The zero-order valence-corrected chi connectivity index (χ0v) is 12.0. The van der Waals surface area contributed by atoms with Gasteiger partial charge in [0, 0.05) is 18.8 Å². The summed E-state index contributed by atoms with van der Waals surface area (Å²) in [6.45, 7) is 6.58. The fourth-order valence-corrected chi connectivity index (χ4v) is 1.75. The average molecular weight is 274 g/mol. The number of hydrogen-bond donors (Lipinski definition) is 1. The molecule has 1 heterocycles. The summed E-state index contributed by atoms with van der Waals surface area (Å²) in [6, 6.07) is 8.92. The van der Waals surface area contributed by atoms with Gasteiger partial charge in [0.25, 0.3) is 0 Å². The SMILES string of the molecule is Cc1ncccc1Oc1ccc(CNC(C)C)cc1F. The maximum Gasteiger partial charge on any atom is 0.166 e. The Labute approximate surface area is 118 Å². The highest BCUT2D eigenvalue weighted by Gasteiger charge is 2.08. The third-order valence-corrected chi connectivity index (χ3v) is 2.89. The average Bonchev–Trinajstić information content (AvgIpc) is 2.41. The Balaban J connectivity index is 2.12.